The summed E-state index contributed by atoms with van der Waals surface area (Å²) in [5.41, 5.74) is -2.16. The molecule has 1 spiro atoms. The van der Waals surface area contributed by atoms with Crippen LogP contribution in [-0.4, -0.2) is 65.6 Å². The molecular formula is C26H32O10. The van der Waals surface area contributed by atoms with Gasteiger partial charge in [-0.3, -0.25) is 0 Å². The van der Waals surface area contributed by atoms with Crippen LogP contribution in [0.5, 0.6) is 11.5 Å². The zero-order valence-electron chi connectivity index (χ0n) is 21.4. The van der Waals surface area contributed by atoms with Crippen molar-refractivity contribution in [2.24, 2.45) is 11.3 Å². The van der Waals surface area contributed by atoms with Crippen LogP contribution >= 0.6 is 0 Å². The van der Waals surface area contributed by atoms with E-state index in [1.807, 2.05) is 27.7 Å². The summed E-state index contributed by atoms with van der Waals surface area (Å²) in [6, 6.07) is 0. The Labute approximate surface area is 208 Å². The van der Waals surface area contributed by atoms with Crippen LogP contribution in [0.25, 0.3) is 0 Å². The van der Waals surface area contributed by atoms with Gasteiger partial charge in [-0.1, -0.05) is 6.92 Å². The van der Waals surface area contributed by atoms with E-state index in [0.29, 0.717) is 40.8 Å². The third kappa shape index (κ3) is 2.14. The molecule has 0 aromatic heterocycles. The summed E-state index contributed by atoms with van der Waals surface area (Å²) in [5, 5.41) is 24.4. The standard InChI is InChI=1S/C26H32O10/c1-12-13-9-32-20(28)14(13)18(30-5)15-16(27)19-21(2)7-8-25(31-6)35-23(4)11-33-24(29,26(21,23)36-25)10-22(19,3)34-17(12)15/h16,19,27,29H,7-11H2,1-6H3. The quantitative estimate of drug-likeness (QED) is 0.580. The summed E-state index contributed by atoms with van der Waals surface area (Å²) in [7, 11) is 3.00. The topological polar surface area (TPSA) is 122 Å². The smallest absolute Gasteiger partial charge is 0.342 e. The van der Waals surface area contributed by atoms with E-state index in [4.69, 9.17) is 33.2 Å². The lowest BCUT2D eigenvalue weighted by Gasteiger charge is -2.67. The van der Waals surface area contributed by atoms with Crippen LogP contribution < -0.4 is 9.47 Å². The molecule has 8 unspecified atom stereocenters. The van der Waals surface area contributed by atoms with Gasteiger partial charge in [-0.15, -0.1) is 0 Å². The van der Waals surface area contributed by atoms with Gasteiger partial charge in [0.25, 0.3) is 5.97 Å². The van der Waals surface area contributed by atoms with E-state index in [9.17, 15) is 15.0 Å². The number of hydrogen-bond donors (Lipinski definition) is 2. The third-order valence-electron chi connectivity index (χ3n) is 10.1. The minimum absolute atomic E-state index is 0.0315. The molecule has 10 heteroatoms. The summed E-state index contributed by atoms with van der Waals surface area (Å²) in [6.07, 6.45) is -0.165. The van der Waals surface area contributed by atoms with Crippen molar-refractivity contribution in [3.05, 3.63) is 22.3 Å². The number of carbonyl (C=O) groups is 1. The van der Waals surface area contributed by atoms with Crippen molar-refractivity contribution in [1.29, 1.82) is 0 Å². The van der Waals surface area contributed by atoms with E-state index in [1.54, 1.807) is 0 Å². The van der Waals surface area contributed by atoms with E-state index in [1.165, 1.54) is 14.2 Å². The summed E-state index contributed by atoms with van der Waals surface area (Å²) >= 11 is 0. The highest BCUT2D eigenvalue weighted by Gasteiger charge is 2.90. The SMILES string of the molecule is COc1c2c(c(C)c3c1C(O)C1C(C)(CC4(O)OCC5(C)OC6(OC)CCC1(C)C54O6)O3)COC2=O. The third-order valence-corrected chi connectivity index (χ3v) is 10.1. The van der Waals surface area contributed by atoms with Crippen LogP contribution in [0.1, 0.15) is 73.2 Å². The van der Waals surface area contributed by atoms with Gasteiger partial charge in [-0.2, -0.15) is 0 Å². The molecule has 1 aromatic carbocycles. The first-order valence-electron chi connectivity index (χ1n) is 12.4. The number of methoxy groups -OCH3 is 2. The molecule has 5 aliphatic heterocycles. The second kappa shape index (κ2) is 6.36. The number of hydrogen-bond acceptors (Lipinski definition) is 10. The molecule has 0 amide bonds. The van der Waals surface area contributed by atoms with Crippen molar-refractivity contribution >= 4 is 5.97 Å². The first kappa shape index (κ1) is 23.2. The maximum Gasteiger partial charge on any atom is 0.342 e. The maximum absolute atomic E-state index is 12.7. The van der Waals surface area contributed by atoms with E-state index < -0.39 is 52.0 Å². The molecule has 0 radical (unpaired) electrons. The molecule has 6 aliphatic rings. The van der Waals surface area contributed by atoms with Gasteiger partial charge in [-0.25, -0.2) is 4.79 Å². The number of aliphatic hydroxyl groups excluding tert-OH is 1. The molecule has 10 nitrogen and oxygen atoms in total. The average Bonchev–Trinajstić information content (AvgIpc) is 3.38. The summed E-state index contributed by atoms with van der Waals surface area (Å²) in [4.78, 5) is 12.7. The lowest BCUT2D eigenvalue weighted by molar-refractivity contribution is -0.440. The number of ether oxygens (including phenoxy) is 7. The second-order valence-corrected chi connectivity index (χ2v) is 11.8. The fourth-order valence-corrected chi connectivity index (χ4v) is 8.91. The van der Waals surface area contributed by atoms with E-state index >= 15 is 0 Å². The molecule has 1 aliphatic carbocycles. The molecule has 196 valence electrons. The first-order chi connectivity index (χ1) is 16.8. The highest BCUT2D eigenvalue weighted by Crippen LogP contribution is 2.77. The van der Waals surface area contributed by atoms with Gasteiger partial charge in [0.2, 0.25) is 5.79 Å². The normalized spacial score (nSPS) is 49.5. The van der Waals surface area contributed by atoms with Gasteiger partial charge in [0, 0.05) is 36.8 Å². The lowest BCUT2D eigenvalue weighted by Crippen LogP contribution is -2.80. The average molecular weight is 505 g/mol. The molecule has 8 atom stereocenters. The second-order valence-electron chi connectivity index (χ2n) is 11.8. The molecule has 7 rings (SSSR count). The fourth-order valence-electron chi connectivity index (χ4n) is 8.91. The van der Waals surface area contributed by atoms with Crippen molar-refractivity contribution in [2.75, 3.05) is 20.8 Å². The van der Waals surface area contributed by atoms with Crippen LogP contribution in [0.4, 0.5) is 0 Å². The molecule has 3 saturated heterocycles. The minimum atomic E-state index is -1.76. The Kier molecular flexibility index (Phi) is 4.10. The predicted molar refractivity (Wildman–Crippen MR) is 120 cm³/mol. The fraction of sp³-hybridized carbons (Fsp3) is 0.731. The Morgan fingerprint density at radius 1 is 1.11 bits per heavy atom. The van der Waals surface area contributed by atoms with Crippen LogP contribution in [-0.2, 0) is 30.3 Å². The van der Waals surface area contributed by atoms with Crippen molar-refractivity contribution in [1.82, 2.24) is 0 Å². The Morgan fingerprint density at radius 2 is 1.86 bits per heavy atom. The van der Waals surface area contributed by atoms with Crippen LogP contribution in [0.3, 0.4) is 0 Å². The number of esters is 1. The molecule has 1 aromatic rings. The number of cyclic esters (lactones) is 1. The zero-order valence-corrected chi connectivity index (χ0v) is 21.4. The number of fused-ring (bicyclic) bond motifs is 5. The number of carbonyl (C=O) groups excluding carboxylic acids is 1. The van der Waals surface area contributed by atoms with E-state index in [2.05, 4.69) is 0 Å². The largest absolute Gasteiger partial charge is 0.495 e. The monoisotopic (exact) mass is 504 g/mol. The molecule has 2 bridgehead atoms. The van der Waals surface area contributed by atoms with Crippen molar-refractivity contribution in [3.8, 4) is 11.5 Å². The van der Waals surface area contributed by atoms with Crippen molar-refractivity contribution < 1.29 is 48.2 Å². The minimum Gasteiger partial charge on any atom is -0.495 e. The maximum atomic E-state index is 12.7. The first-order valence-corrected chi connectivity index (χ1v) is 12.4. The summed E-state index contributed by atoms with van der Waals surface area (Å²) in [6.45, 7) is 7.82. The molecule has 36 heavy (non-hydrogen) atoms. The van der Waals surface area contributed by atoms with Crippen LogP contribution in [0.2, 0.25) is 0 Å². The van der Waals surface area contributed by atoms with Crippen molar-refractivity contribution in [3.63, 3.8) is 0 Å². The van der Waals surface area contributed by atoms with Gasteiger partial charge in [0.15, 0.2) is 5.60 Å². The van der Waals surface area contributed by atoms with Gasteiger partial charge in [0.1, 0.15) is 34.9 Å². The molecule has 1 saturated carbocycles. The lowest BCUT2D eigenvalue weighted by atomic mass is 9.44. The Bertz CT molecular complexity index is 1230. The van der Waals surface area contributed by atoms with Gasteiger partial charge < -0.3 is 43.4 Å². The van der Waals surface area contributed by atoms with Crippen LogP contribution in [0.15, 0.2) is 0 Å². The molecule has 2 N–H and O–H groups in total. The zero-order chi connectivity index (χ0) is 25.7. The number of aliphatic hydroxyl groups is 2. The summed E-state index contributed by atoms with van der Waals surface area (Å²) in [5.74, 6) is -3.41. The molecule has 5 heterocycles. The van der Waals surface area contributed by atoms with Gasteiger partial charge in [-0.05, 0) is 32.8 Å². The van der Waals surface area contributed by atoms with Crippen LogP contribution in [0, 0.1) is 18.3 Å². The van der Waals surface area contributed by atoms with E-state index in [-0.39, 0.29) is 25.4 Å². The molecular weight excluding hydrogens is 472 g/mol. The van der Waals surface area contributed by atoms with E-state index in [0.717, 1.165) is 0 Å². The highest BCUT2D eigenvalue weighted by atomic mass is 16.9. The van der Waals surface area contributed by atoms with Crippen molar-refractivity contribution in [2.45, 2.75) is 88.2 Å². The Balaban J connectivity index is 1.49. The van der Waals surface area contributed by atoms with Gasteiger partial charge in [0.05, 0.1) is 25.4 Å². The number of benzene rings is 1. The van der Waals surface area contributed by atoms with Gasteiger partial charge >= 0.3 is 5.97 Å². The Hall–Kier alpha value is -1.95. The summed E-state index contributed by atoms with van der Waals surface area (Å²) < 4.78 is 42.7. The molecule has 4 fully saturated rings. The predicted octanol–water partition coefficient (Wildman–Crippen LogP) is 2.24. The number of rotatable bonds is 2. The highest BCUT2D eigenvalue weighted by molar-refractivity contribution is 5.98. The Morgan fingerprint density at radius 3 is 2.56 bits per heavy atom.